The highest BCUT2D eigenvalue weighted by Crippen LogP contribution is 2.10. The molecule has 0 saturated carbocycles. The Morgan fingerprint density at radius 1 is 1.40 bits per heavy atom. The Hall–Kier alpha value is -1.23. The van der Waals surface area contributed by atoms with Crippen LogP contribution in [0.4, 0.5) is 4.39 Å². The summed E-state index contributed by atoms with van der Waals surface area (Å²) >= 11 is 3.00. The maximum atomic E-state index is 12.5. The highest BCUT2D eigenvalue weighted by Gasteiger charge is 2.13. The van der Waals surface area contributed by atoms with Gasteiger partial charge >= 0.3 is 5.97 Å². The molecule has 1 aromatic carbocycles. The van der Waals surface area contributed by atoms with Gasteiger partial charge in [-0.3, -0.25) is 4.79 Å². The number of halogens is 2. The van der Waals surface area contributed by atoms with Crippen molar-refractivity contribution in [2.45, 2.75) is 11.2 Å². The van der Waals surface area contributed by atoms with Crippen LogP contribution in [0, 0.1) is 5.82 Å². The standard InChI is InChI=1S/C9H8BrFO2.CH2O/c10-8(9(12)13)5-6-1-3-7(11)4-2-6;1-2/h1-4,8H,5H2,(H,12,13);1H2. The lowest BCUT2D eigenvalue weighted by Crippen LogP contribution is -2.15. The number of benzene rings is 1. The van der Waals surface area contributed by atoms with Crippen molar-refractivity contribution in [3.63, 3.8) is 0 Å². The molecule has 0 amide bonds. The summed E-state index contributed by atoms with van der Waals surface area (Å²) in [5, 5.41) is 8.58. The van der Waals surface area contributed by atoms with Crippen LogP contribution in [0.25, 0.3) is 0 Å². The molecule has 0 fully saturated rings. The zero-order valence-corrected chi connectivity index (χ0v) is 9.41. The van der Waals surface area contributed by atoms with Gasteiger partial charge in [0, 0.05) is 0 Å². The van der Waals surface area contributed by atoms with Gasteiger partial charge in [-0.15, -0.1) is 0 Å². The van der Waals surface area contributed by atoms with Crippen LogP contribution in [-0.4, -0.2) is 22.7 Å². The number of carbonyl (C=O) groups excluding carboxylic acids is 1. The van der Waals surface area contributed by atoms with E-state index in [0.717, 1.165) is 5.56 Å². The minimum atomic E-state index is -0.913. The Kier molecular flexibility index (Phi) is 6.53. The van der Waals surface area contributed by atoms with Crippen LogP contribution in [0.1, 0.15) is 5.56 Å². The molecular weight excluding hydrogens is 267 g/mol. The molecule has 0 bridgehead atoms. The van der Waals surface area contributed by atoms with Crippen LogP contribution >= 0.6 is 15.9 Å². The number of rotatable bonds is 3. The first kappa shape index (κ1) is 13.8. The number of carbonyl (C=O) groups is 2. The second-order valence-corrected chi connectivity index (χ2v) is 3.74. The van der Waals surface area contributed by atoms with Crippen molar-refractivity contribution in [1.29, 1.82) is 0 Å². The largest absolute Gasteiger partial charge is 0.480 e. The Balaban J connectivity index is 0.000000921. The smallest absolute Gasteiger partial charge is 0.317 e. The predicted octanol–water partition coefficient (Wildman–Crippen LogP) is 2.03. The maximum Gasteiger partial charge on any atom is 0.317 e. The normalized spacial score (nSPS) is 11.1. The number of hydrogen-bond donors (Lipinski definition) is 1. The molecule has 0 aliphatic rings. The molecule has 1 rings (SSSR count). The monoisotopic (exact) mass is 276 g/mol. The Labute approximate surface area is 95.0 Å². The average Bonchev–Trinajstić information content (AvgIpc) is 2.24. The quantitative estimate of drug-likeness (QED) is 0.860. The molecule has 0 aromatic heterocycles. The summed E-state index contributed by atoms with van der Waals surface area (Å²) in [5.74, 6) is -1.23. The molecule has 1 atom stereocenters. The topological polar surface area (TPSA) is 54.4 Å². The molecule has 1 unspecified atom stereocenters. The molecule has 5 heteroatoms. The van der Waals surface area contributed by atoms with Gasteiger partial charge in [0.05, 0.1) is 0 Å². The van der Waals surface area contributed by atoms with Crippen LogP contribution in [0.15, 0.2) is 24.3 Å². The molecule has 82 valence electrons. The SMILES string of the molecule is C=O.O=C(O)C(Br)Cc1ccc(F)cc1. The number of aliphatic carboxylic acids is 1. The van der Waals surface area contributed by atoms with E-state index in [2.05, 4.69) is 15.9 Å². The van der Waals surface area contributed by atoms with Crippen molar-refractivity contribution in [1.82, 2.24) is 0 Å². The van der Waals surface area contributed by atoms with E-state index < -0.39 is 10.8 Å². The first-order valence-electron chi connectivity index (χ1n) is 4.00. The predicted molar refractivity (Wildman–Crippen MR) is 57.6 cm³/mol. The van der Waals surface area contributed by atoms with Crippen LogP contribution in [0.3, 0.4) is 0 Å². The van der Waals surface area contributed by atoms with Crippen molar-refractivity contribution >= 4 is 28.7 Å². The van der Waals surface area contributed by atoms with Gasteiger partial charge in [-0.05, 0) is 24.1 Å². The van der Waals surface area contributed by atoms with Gasteiger partial charge in [-0.2, -0.15) is 0 Å². The number of hydrogen-bond acceptors (Lipinski definition) is 2. The number of carboxylic acid groups (broad SMARTS) is 1. The summed E-state index contributed by atoms with van der Waals surface area (Å²) in [5.41, 5.74) is 0.797. The van der Waals surface area contributed by atoms with Gasteiger partial charge < -0.3 is 9.90 Å². The first-order valence-corrected chi connectivity index (χ1v) is 4.91. The van der Waals surface area contributed by atoms with Gasteiger partial charge in [-0.1, -0.05) is 28.1 Å². The molecule has 0 aliphatic heterocycles. The minimum absolute atomic E-state index is 0.315. The van der Waals surface area contributed by atoms with E-state index >= 15 is 0 Å². The lowest BCUT2D eigenvalue weighted by atomic mass is 10.1. The summed E-state index contributed by atoms with van der Waals surface area (Å²) in [6.07, 6.45) is 0.357. The van der Waals surface area contributed by atoms with Gasteiger partial charge in [-0.25, -0.2) is 4.39 Å². The first-order chi connectivity index (χ1) is 7.09. The summed E-state index contributed by atoms with van der Waals surface area (Å²) in [7, 11) is 0. The fourth-order valence-corrected chi connectivity index (χ4v) is 1.29. The van der Waals surface area contributed by atoms with Crippen LogP contribution in [-0.2, 0) is 16.0 Å². The van der Waals surface area contributed by atoms with E-state index in [-0.39, 0.29) is 5.82 Å². The molecule has 1 N–H and O–H groups in total. The highest BCUT2D eigenvalue weighted by molar-refractivity contribution is 9.10. The van der Waals surface area contributed by atoms with Gasteiger partial charge in [0.2, 0.25) is 0 Å². The summed E-state index contributed by atoms with van der Waals surface area (Å²) < 4.78 is 12.5. The van der Waals surface area contributed by atoms with E-state index in [1.807, 2.05) is 6.79 Å². The van der Waals surface area contributed by atoms with E-state index in [9.17, 15) is 9.18 Å². The molecule has 0 heterocycles. The third kappa shape index (κ3) is 5.27. The summed E-state index contributed by atoms with van der Waals surface area (Å²) in [4.78, 5) is 17.8. The molecule has 15 heavy (non-hydrogen) atoms. The fraction of sp³-hybridized carbons (Fsp3) is 0.200. The molecule has 0 spiro atoms. The van der Waals surface area contributed by atoms with Crippen LogP contribution in [0.2, 0.25) is 0 Å². The molecule has 0 saturated heterocycles. The van der Waals surface area contributed by atoms with Crippen molar-refractivity contribution < 1.29 is 19.1 Å². The zero-order chi connectivity index (χ0) is 11.8. The number of alkyl halides is 1. The van der Waals surface area contributed by atoms with E-state index in [0.29, 0.717) is 6.42 Å². The Bertz CT molecular complexity index is 313. The summed E-state index contributed by atoms with van der Waals surface area (Å²) in [6.45, 7) is 2.00. The lowest BCUT2D eigenvalue weighted by molar-refractivity contribution is -0.136. The second-order valence-electron chi connectivity index (χ2n) is 2.64. The second kappa shape index (κ2) is 7.11. The third-order valence-corrected chi connectivity index (χ3v) is 2.31. The van der Waals surface area contributed by atoms with Gasteiger partial charge in [0.1, 0.15) is 17.4 Å². The Morgan fingerprint density at radius 2 is 1.87 bits per heavy atom. The van der Waals surface area contributed by atoms with E-state index in [4.69, 9.17) is 9.90 Å². The third-order valence-electron chi connectivity index (χ3n) is 1.60. The van der Waals surface area contributed by atoms with Crippen molar-refractivity contribution in [3.8, 4) is 0 Å². The van der Waals surface area contributed by atoms with Crippen molar-refractivity contribution in [2.75, 3.05) is 0 Å². The molecular formula is C10H10BrFO3. The zero-order valence-electron chi connectivity index (χ0n) is 7.82. The van der Waals surface area contributed by atoms with Crippen molar-refractivity contribution in [3.05, 3.63) is 35.6 Å². The fourth-order valence-electron chi connectivity index (χ4n) is 0.915. The van der Waals surface area contributed by atoms with Crippen LogP contribution in [0.5, 0.6) is 0 Å². The lowest BCUT2D eigenvalue weighted by Gasteiger charge is -2.03. The van der Waals surface area contributed by atoms with E-state index in [1.165, 1.54) is 12.1 Å². The highest BCUT2D eigenvalue weighted by atomic mass is 79.9. The maximum absolute atomic E-state index is 12.5. The molecule has 0 radical (unpaired) electrons. The average molecular weight is 277 g/mol. The minimum Gasteiger partial charge on any atom is -0.480 e. The van der Waals surface area contributed by atoms with Crippen LogP contribution < -0.4 is 0 Å². The Morgan fingerprint density at radius 3 is 2.27 bits per heavy atom. The summed E-state index contributed by atoms with van der Waals surface area (Å²) in [6, 6.07) is 5.78. The number of carboxylic acids is 1. The van der Waals surface area contributed by atoms with Gasteiger partial charge in [0.15, 0.2) is 0 Å². The van der Waals surface area contributed by atoms with E-state index in [1.54, 1.807) is 12.1 Å². The van der Waals surface area contributed by atoms with Crippen molar-refractivity contribution in [2.24, 2.45) is 0 Å². The molecule has 3 nitrogen and oxygen atoms in total. The molecule has 0 aliphatic carbocycles. The van der Waals surface area contributed by atoms with Gasteiger partial charge in [0.25, 0.3) is 0 Å². The molecule has 1 aromatic rings.